The Morgan fingerprint density at radius 3 is 2.16 bits per heavy atom. The zero-order valence-corrected chi connectivity index (χ0v) is 12.2. The Balaban J connectivity index is 2.41. The highest BCUT2D eigenvalue weighted by Crippen LogP contribution is 2.29. The number of carbonyl (C=O) groups excluding carboxylic acids is 1. The lowest BCUT2D eigenvalue weighted by atomic mass is 10.00. The Bertz CT molecular complexity index is 645. The highest BCUT2D eigenvalue weighted by atomic mass is 31.1. The van der Waals surface area contributed by atoms with Gasteiger partial charge in [-0.05, 0) is 55.7 Å². The number of hydrogen-bond donors (Lipinski definition) is 0. The predicted octanol–water partition coefficient (Wildman–Crippen LogP) is 3.90. The molecule has 19 heavy (non-hydrogen) atoms. The molecule has 2 aromatic rings. The number of benzene rings is 2. The fraction of sp³-hybridized carbons (Fsp3) is 0.188. The lowest BCUT2D eigenvalue weighted by Crippen LogP contribution is -2.06. The summed E-state index contributed by atoms with van der Waals surface area (Å²) in [6.07, 6.45) is 0. The van der Waals surface area contributed by atoms with Gasteiger partial charge >= 0.3 is 13.3 Å². The second kappa shape index (κ2) is 5.46. The molecule has 1 unspecified atom stereocenters. The number of carbonyl (C=O) groups is 1. The summed E-state index contributed by atoms with van der Waals surface area (Å²) in [5.74, 6) is 0. The van der Waals surface area contributed by atoms with Crippen LogP contribution >= 0.6 is 7.80 Å². The van der Waals surface area contributed by atoms with Gasteiger partial charge in [-0.25, -0.2) is 4.79 Å². The van der Waals surface area contributed by atoms with Gasteiger partial charge in [-0.15, -0.1) is 0 Å². The van der Waals surface area contributed by atoms with Crippen LogP contribution in [0.15, 0.2) is 42.5 Å². The van der Waals surface area contributed by atoms with Crippen LogP contribution in [0, 0.1) is 20.8 Å². The minimum Gasteiger partial charge on any atom is -0.234 e. The van der Waals surface area contributed by atoms with Gasteiger partial charge in [0.2, 0.25) is 0 Å². The molecular formula is C16H16O2P+. The SMILES string of the molecule is Cc1ccc(C(=O)[P+](=O)c2ccccc2)c(C)c1C. The van der Waals surface area contributed by atoms with Crippen LogP contribution in [0.4, 0.5) is 0 Å². The average molecular weight is 271 g/mol. The highest BCUT2D eigenvalue weighted by Gasteiger charge is 2.33. The summed E-state index contributed by atoms with van der Waals surface area (Å²) in [6.45, 7) is 5.90. The molecule has 1 atom stereocenters. The van der Waals surface area contributed by atoms with E-state index in [1.807, 2.05) is 32.9 Å². The van der Waals surface area contributed by atoms with Crippen LogP contribution in [0.5, 0.6) is 0 Å². The first kappa shape index (κ1) is 13.6. The van der Waals surface area contributed by atoms with Gasteiger partial charge in [0.15, 0.2) is 5.30 Å². The van der Waals surface area contributed by atoms with Gasteiger partial charge in [-0.3, -0.25) is 0 Å². The molecule has 0 saturated heterocycles. The molecule has 0 heterocycles. The third-order valence-corrected chi connectivity index (χ3v) is 4.84. The molecule has 0 bridgehead atoms. The van der Waals surface area contributed by atoms with E-state index in [1.165, 1.54) is 0 Å². The monoisotopic (exact) mass is 271 g/mol. The van der Waals surface area contributed by atoms with E-state index < -0.39 is 7.80 Å². The molecule has 0 amide bonds. The fourth-order valence-corrected chi connectivity index (χ4v) is 3.12. The normalized spacial score (nSPS) is 11.2. The van der Waals surface area contributed by atoms with Crippen molar-refractivity contribution in [2.45, 2.75) is 20.8 Å². The van der Waals surface area contributed by atoms with Crippen molar-refractivity contribution in [2.75, 3.05) is 0 Å². The maximum atomic E-state index is 12.3. The summed E-state index contributed by atoms with van der Waals surface area (Å²) < 4.78 is 12.3. The molecular weight excluding hydrogens is 255 g/mol. The standard InChI is InChI=1S/C16H16O2P/c1-11-9-10-15(13(3)12(11)2)16(17)19(18)14-7-5-4-6-8-14/h4-10H,1-3H3/q+1. The van der Waals surface area contributed by atoms with E-state index in [2.05, 4.69) is 0 Å². The van der Waals surface area contributed by atoms with Crippen LogP contribution in [0.3, 0.4) is 0 Å². The number of aryl methyl sites for hydroxylation is 1. The van der Waals surface area contributed by atoms with Gasteiger partial charge in [0.1, 0.15) is 0 Å². The van der Waals surface area contributed by atoms with Crippen LogP contribution in [-0.4, -0.2) is 5.52 Å². The molecule has 0 aromatic heterocycles. The van der Waals surface area contributed by atoms with Crippen LogP contribution in [-0.2, 0) is 4.57 Å². The Hall–Kier alpha value is -1.79. The van der Waals surface area contributed by atoms with Crippen LogP contribution in [0.2, 0.25) is 0 Å². The lowest BCUT2D eigenvalue weighted by Gasteiger charge is -2.06. The molecule has 0 aliphatic heterocycles. The number of rotatable bonds is 3. The van der Waals surface area contributed by atoms with Crippen LogP contribution in [0.25, 0.3) is 0 Å². The molecule has 2 aromatic carbocycles. The van der Waals surface area contributed by atoms with E-state index in [0.717, 1.165) is 16.7 Å². The third-order valence-electron chi connectivity index (χ3n) is 3.46. The lowest BCUT2D eigenvalue weighted by molar-refractivity contribution is 0.107. The molecule has 0 fully saturated rings. The van der Waals surface area contributed by atoms with Crippen molar-refractivity contribution in [3.63, 3.8) is 0 Å². The second-order valence-electron chi connectivity index (χ2n) is 4.62. The smallest absolute Gasteiger partial charge is 0.234 e. The molecule has 2 nitrogen and oxygen atoms in total. The minimum absolute atomic E-state index is 0.290. The molecule has 0 saturated carbocycles. The molecule has 2 rings (SSSR count). The summed E-state index contributed by atoms with van der Waals surface area (Å²) in [5, 5.41) is 0.583. The van der Waals surface area contributed by atoms with Crippen molar-refractivity contribution in [1.29, 1.82) is 0 Å². The van der Waals surface area contributed by atoms with Gasteiger partial charge in [0, 0.05) is 0 Å². The first-order valence-electron chi connectivity index (χ1n) is 6.16. The van der Waals surface area contributed by atoms with E-state index in [-0.39, 0.29) is 5.52 Å². The highest BCUT2D eigenvalue weighted by molar-refractivity contribution is 7.71. The second-order valence-corrected chi connectivity index (χ2v) is 6.13. The van der Waals surface area contributed by atoms with Crippen molar-refractivity contribution >= 4 is 18.6 Å². The summed E-state index contributed by atoms with van der Waals surface area (Å²) in [7, 11) is -2.04. The third kappa shape index (κ3) is 2.64. The molecule has 3 heteroatoms. The van der Waals surface area contributed by atoms with Gasteiger partial charge in [-0.1, -0.05) is 28.8 Å². The zero-order valence-electron chi connectivity index (χ0n) is 11.3. The maximum absolute atomic E-state index is 12.3. The molecule has 0 aliphatic rings. The van der Waals surface area contributed by atoms with E-state index >= 15 is 0 Å². The van der Waals surface area contributed by atoms with E-state index in [0.29, 0.717) is 10.9 Å². The average Bonchev–Trinajstić information content (AvgIpc) is 2.44. The summed E-state index contributed by atoms with van der Waals surface area (Å²) in [6, 6.07) is 12.6. The van der Waals surface area contributed by atoms with Gasteiger partial charge < -0.3 is 0 Å². The van der Waals surface area contributed by atoms with Crippen molar-refractivity contribution in [1.82, 2.24) is 0 Å². The molecule has 96 valence electrons. The minimum atomic E-state index is -2.04. The Kier molecular flexibility index (Phi) is 3.92. The van der Waals surface area contributed by atoms with Crippen molar-refractivity contribution in [2.24, 2.45) is 0 Å². The van der Waals surface area contributed by atoms with E-state index in [4.69, 9.17) is 0 Å². The Morgan fingerprint density at radius 2 is 1.53 bits per heavy atom. The first-order chi connectivity index (χ1) is 9.02. The Morgan fingerprint density at radius 1 is 0.895 bits per heavy atom. The van der Waals surface area contributed by atoms with Crippen molar-refractivity contribution in [3.8, 4) is 0 Å². The van der Waals surface area contributed by atoms with Crippen LogP contribution < -0.4 is 5.30 Å². The topological polar surface area (TPSA) is 34.1 Å². The zero-order chi connectivity index (χ0) is 14.0. The summed E-state index contributed by atoms with van der Waals surface area (Å²) in [4.78, 5) is 12.3. The van der Waals surface area contributed by atoms with E-state index in [9.17, 15) is 9.36 Å². The summed E-state index contributed by atoms with van der Waals surface area (Å²) in [5.41, 5.74) is 3.42. The molecule has 0 N–H and O–H groups in total. The van der Waals surface area contributed by atoms with E-state index in [1.54, 1.807) is 30.3 Å². The van der Waals surface area contributed by atoms with Gasteiger partial charge in [-0.2, -0.15) is 0 Å². The predicted molar refractivity (Wildman–Crippen MR) is 78.7 cm³/mol. The quantitative estimate of drug-likeness (QED) is 0.793. The van der Waals surface area contributed by atoms with Crippen molar-refractivity contribution < 1.29 is 9.36 Å². The van der Waals surface area contributed by atoms with Crippen molar-refractivity contribution in [3.05, 3.63) is 64.7 Å². The summed E-state index contributed by atoms with van der Waals surface area (Å²) >= 11 is 0. The molecule has 0 aliphatic carbocycles. The first-order valence-corrected chi connectivity index (χ1v) is 7.41. The van der Waals surface area contributed by atoms with Gasteiger partial charge in [0.05, 0.1) is 5.56 Å². The largest absolute Gasteiger partial charge is 0.458 e. The van der Waals surface area contributed by atoms with Crippen LogP contribution in [0.1, 0.15) is 27.0 Å². The maximum Gasteiger partial charge on any atom is 0.458 e. The molecule has 0 radical (unpaired) electrons. The molecule has 0 spiro atoms. The fourth-order valence-electron chi connectivity index (χ4n) is 1.98. The van der Waals surface area contributed by atoms with Gasteiger partial charge in [0.25, 0.3) is 0 Å². The Labute approximate surface area is 114 Å². The number of hydrogen-bond acceptors (Lipinski definition) is 2.